The van der Waals surface area contributed by atoms with E-state index in [1.165, 1.54) is 6.20 Å². The lowest BCUT2D eigenvalue weighted by molar-refractivity contribution is -0.129. The van der Waals surface area contributed by atoms with Gasteiger partial charge >= 0.3 is 0 Å². The molecule has 1 fully saturated rings. The average molecular weight is 375 g/mol. The summed E-state index contributed by atoms with van der Waals surface area (Å²) in [6.07, 6.45) is 5.84. The fraction of sp³-hybridized carbons (Fsp3) is 0.438. The summed E-state index contributed by atoms with van der Waals surface area (Å²) in [5, 5.41) is 19.4. The Balaban J connectivity index is 1.57. The number of nitriles is 1. The molecule has 26 heavy (non-hydrogen) atoms. The summed E-state index contributed by atoms with van der Waals surface area (Å²) >= 11 is 6.18. The molecule has 1 amide bonds. The standard InChI is InChI=1S/C16H19ClN8O/c1-24-10-12(7-21-24)22-16-20-8-13(17)15(23-16)19-6-11-3-5-25(9-11)14(26)2-4-18/h7-8,10-11H,2-3,5-6,9H2,1H3,(H2,19,20,22,23)/t11-/m1/s1. The first kappa shape index (κ1) is 17.9. The lowest BCUT2D eigenvalue weighted by Gasteiger charge is -2.16. The maximum absolute atomic E-state index is 11.8. The quantitative estimate of drug-likeness (QED) is 0.792. The first-order valence-corrected chi connectivity index (χ1v) is 8.59. The molecule has 1 saturated heterocycles. The number of nitrogens with one attached hydrogen (secondary N) is 2. The second kappa shape index (κ2) is 8.01. The van der Waals surface area contributed by atoms with Crippen LogP contribution in [0.5, 0.6) is 0 Å². The van der Waals surface area contributed by atoms with Gasteiger partial charge in [0.1, 0.15) is 11.4 Å². The van der Waals surface area contributed by atoms with Crippen molar-refractivity contribution >= 4 is 35.0 Å². The van der Waals surface area contributed by atoms with Crippen molar-refractivity contribution in [3.8, 4) is 6.07 Å². The first-order valence-electron chi connectivity index (χ1n) is 8.22. The lowest BCUT2D eigenvalue weighted by Crippen LogP contribution is -2.29. The van der Waals surface area contributed by atoms with Crippen molar-refractivity contribution in [3.05, 3.63) is 23.6 Å². The molecule has 2 N–H and O–H groups in total. The van der Waals surface area contributed by atoms with Gasteiger partial charge < -0.3 is 15.5 Å². The molecule has 9 nitrogen and oxygen atoms in total. The van der Waals surface area contributed by atoms with Crippen molar-refractivity contribution < 1.29 is 4.79 Å². The molecule has 0 aromatic carbocycles. The van der Waals surface area contributed by atoms with Crippen LogP contribution >= 0.6 is 11.6 Å². The van der Waals surface area contributed by atoms with Gasteiger partial charge in [-0.1, -0.05) is 11.6 Å². The number of rotatable bonds is 6. The van der Waals surface area contributed by atoms with Crippen LogP contribution in [0.3, 0.4) is 0 Å². The molecule has 3 heterocycles. The van der Waals surface area contributed by atoms with Crippen LogP contribution in [-0.2, 0) is 11.8 Å². The summed E-state index contributed by atoms with van der Waals surface area (Å²) < 4.78 is 1.68. The molecule has 3 rings (SSSR count). The Morgan fingerprint density at radius 3 is 3.08 bits per heavy atom. The van der Waals surface area contributed by atoms with E-state index in [1.807, 2.05) is 19.3 Å². The summed E-state index contributed by atoms with van der Waals surface area (Å²) in [5.41, 5.74) is 0.781. The zero-order valence-corrected chi connectivity index (χ0v) is 15.1. The Morgan fingerprint density at radius 1 is 1.50 bits per heavy atom. The number of likely N-dealkylation sites (tertiary alicyclic amines) is 1. The van der Waals surface area contributed by atoms with Gasteiger partial charge in [-0.3, -0.25) is 9.48 Å². The highest BCUT2D eigenvalue weighted by molar-refractivity contribution is 6.32. The molecule has 1 aliphatic rings. The summed E-state index contributed by atoms with van der Waals surface area (Å²) in [6.45, 7) is 1.95. The first-order chi connectivity index (χ1) is 12.5. The van der Waals surface area contributed by atoms with Crippen LogP contribution in [-0.4, -0.2) is 50.2 Å². The Morgan fingerprint density at radius 2 is 2.35 bits per heavy atom. The van der Waals surface area contributed by atoms with E-state index >= 15 is 0 Å². The van der Waals surface area contributed by atoms with Gasteiger partial charge in [0.2, 0.25) is 11.9 Å². The van der Waals surface area contributed by atoms with Gasteiger partial charge in [0, 0.05) is 32.9 Å². The Kier molecular flexibility index (Phi) is 5.53. The molecule has 2 aromatic heterocycles. The van der Waals surface area contributed by atoms with Crippen LogP contribution in [0.1, 0.15) is 12.8 Å². The second-order valence-corrected chi connectivity index (χ2v) is 6.54. The highest BCUT2D eigenvalue weighted by atomic mass is 35.5. The number of aryl methyl sites for hydroxylation is 1. The molecule has 0 bridgehead atoms. The molecular weight excluding hydrogens is 356 g/mol. The smallest absolute Gasteiger partial charge is 0.236 e. The second-order valence-electron chi connectivity index (χ2n) is 6.13. The van der Waals surface area contributed by atoms with Crippen molar-refractivity contribution in [2.75, 3.05) is 30.3 Å². The summed E-state index contributed by atoms with van der Waals surface area (Å²) in [6, 6.07) is 1.90. The normalized spacial score (nSPS) is 16.3. The molecule has 2 aromatic rings. The number of aromatic nitrogens is 4. The van der Waals surface area contributed by atoms with Crippen molar-refractivity contribution in [3.63, 3.8) is 0 Å². The van der Waals surface area contributed by atoms with Crippen molar-refractivity contribution in [1.82, 2.24) is 24.6 Å². The molecule has 1 aliphatic heterocycles. The highest BCUT2D eigenvalue weighted by Gasteiger charge is 2.26. The van der Waals surface area contributed by atoms with E-state index in [9.17, 15) is 4.79 Å². The van der Waals surface area contributed by atoms with Crippen LogP contribution in [0.15, 0.2) is 18.6 Å². The van der Waals surface area contributed by atoms with Gasteiger partial charge in [-0.2, -0.15) is 15.3 Å². The van der Waals surface area contributed by atoms with Crippen LogP contribution in [0.2, 0.25) is 5.02 Å². The Labute approximate surface area is 156 Å². The number of anilines is 3. The molecule has 10 heteroatoms. The van der Waals surface area contributed by atoms with E-state index in [1.54, 1.807) is 15.8 Å². The monoisotopic (exact) mass is 374 g/mol. The summed E-state index contributed by atoms with van der Waals surface area (Å²) in [5.74, 6) is 1.13. The van der Waals surface area contributed by atoms with Crippen LogP contribution < -0.4 is 10.6 Å². The minimum atomic E-state index is -0.113. The van der Waals surface area contributed by atoms with E-state index in [0.717, 1.165) is 12.1 Å². The van der Waals surface area contributed by atoms with Gasteiger partial charge in [-0.05, 0) is 12.3 Å². The van der Waals surface area contributed by atoms with E-state index < -0.39 is 0 Å². The van der Waals surface area contributed by atoms with E-state index in [4.69, 9.17) is 16.9 Å². The molecule has 136 valence electrons. The number of amides is 1. The SMILES string of the molecule is Cn1cc(Nc2ncc(Cl)c(NC[C@H]3CCN(C(=O)CC#N)C3)n2)cn1. The van der Waals surface area contributed by atoms with Crippen molar-refractivity contribution in [1.29, 1.82) is 5.26 Å². The predicted octanol–water partition coefficient (Wildman–Crippen LogP) is 1.78. The minimum absolute atomic E-state index is 0.0682. The summed E-state index contributed by atoms with van der Waals surface area (Å²) in [7, 11) is 1.83. The third-order valence-corrected chi connectivity index (χ3v) is 4.41. The van der Waals surface area contributed by atoms with E-state index in [-0.39, 0.29) is 12.3 Å². The zero-order valence-electron chi connectivity index (χ0n) is 14.3. The summed E-state index contributed by atoms with van der Waals surface area (Å²) in [4.78, 5) is 22.1. The third kappa shape index (κ3) is 4.40. The zero-order chi connectivity index (χ0) is 18.5. The number of carbonyl (C=O) groups is 1. The molecular formula is C16H19ClN8O. The number of carbonyl (C=O) groups excluding carboxylic acids is 1. The molecule has 0 radical (unpaired) electrons. The van der Waals surface area contributed by atoms with E-state index in [2.05, 4.69) is 25.7 Å². The van der Waals surface area contributed by atoms with Crippen molar-refractivity contribution in [2.24, 2.45) is 13.0 Å². The third-order valence-electron chi connectivity index (χ3n) is 4.13. The fourth-order valence-corrected chi connectivity index (χ4v) is 2.97. The van der Waals surface area contributed by atoms with Crippen LogP contribution in [0.4, 0.5) is 17.5 Å². The molecule has 1 atom stereocenters. The van der Waals surface area contributed by atoms with Crippen molar-refractivity contribution in [2.45, 2.75) is 12.8 Å². The molecule has 0 spiro atoms. The molecule has 0 aliphatic carbocycles. The topological polar surface area (TPSA) is 112 Å². The number of hydrogen-bond acceptors (Lipinski definition) is 7. The van der Waals surface area contributed by atoms with Gasteiger partial charge in [-0.25, -0.2) is 4.98 Å². The minimum Gasteiger partial charge on any atom is -0.368 e. The molecule has 0 unspecified atom stereocenters. The maximum Gasteiger partial charge on any atom is 0.236 e. The lowest BCUT2D eigenvalue weighted by atomic mass is 10.1. The van der Waals surface area contributed by atoms with Crippen LogP contribution in [0, 0.1) is 17.2 Å². The molecule has 0 saturated carbocycles. The largest absolute Gasteiger partial charge is 0.368 e. The van der Waals surface area contributed by atoms with Gasteiger partial charge in [-0.15, -0.1) is 0 Å². The number of halogens is 1. The fourth-order valence-electron chi connectivity index (χ4n) is 2.81. The maximum atomic E-state index is 11.8. The Hall–Kier alpha value is -2.86. The average Bonchev–Trinajstić information content (AvgIpc) is 3.25. The number of nitrogens with zero attached hydrogens (tertiary/aromatic N) is 6. The van der Waals surface area contributed by atoms with Gasteiger partial charge in [0.05, 0.1) is 24.2 Å². The Bertz CT molecular complexity index is 830. The van der Waals surface area contributed by atoms with Gasteiger partial charge in [0.15, 0.2) is 5.82 Å². The van der Waals surface area contributed by atoms with Gasteiger partial charge in [0.25, 0.3) is 0 Å². The van der Waals surface area contributed by atoms with Crippen LogP contribution in [0.25, 0.3) is 0 Å². The highest BCUT2D eigenvalue weighted by Crippen LogP contribution is 2.23. The number of hydrogen-bond donors (Lipinski definition) is 2. The predicted molar refractivity (Wildman–Crippen MR) is 96.9 cm³/mol. The van der Waals surface area contributed by atoms with E-state index in [0.29, 0.717) is 42.3 Å².